The maximum Gasteiger partial charge on any atom is 0.240 e. The third-order valence-electron chi connectivity index (χ3n) is 4.29. The number of ketones is 1. The molecule has 3 rings (SSSR count). The first-order valence-corrected chi connectivity index (χ1v) is 9.65. The van der Waals surface area contributed by atoms with Crippen molar-refractivity contribution in [2.24, 2.45) is 0 Å². The molecule has 0 aliphatic heterocycles. The third kappa shape index (κ3) is 4.83. The van der Waals surface area contributed by atoms with Gasteiger partial charge in [-0.15, -0.1) is 11.3 Å². The van der Waals surface area contributed by atoms with Gasteiger partial charge in [0.2, 0.25) is 5.91 Å². The Hall–Kier alpha value is -2.92. The molecule has 138 valence electrons. The van der Waals surface area contributed by atoms with Gasteiger partial charge in [-0.25, -0.2) is 0 Å². The molecular formula is C22H22N2O2S. The van der Waals surface area contributed by atoms with Gasteiger partial charge in [-0.3, -0.25) is 9.59 Å². The van der Waals surface area contributed by atoms with Gasteiger partial charge in [0.05, 0.1) is 12.6 Å². The van der Waals surface area contributed by atoms with Crippen LogP contribution in [-0.2, 0) is 4.79 Å². The van der Waals surface area contributed by atoms with Crippen LogP contribution in [0.5, 0.6) is 0 Å². The Bertz CT molecular complexity index is 918. The highest BCUT2D eigenvalue weighted by atomic mass is 32.1. The molecule has 0 radical (unpaired) electrons. The first-order valence-electron chi connectivity index (χ1n) is 8.78. The highest BCUT2D eigenvalue weighted by Gasteiger charge is 2.18. The number of aryl methyl sites for hydroxylation is 1. The molecule has 0 aliphatic rings. The topological polar surface area (TPSA) is 58.2 Å². The Kier molecular flexibility index (Phi) is 6.04. The zero-order chi connectivity index (χ0) is 19.2. The van der Waals surface area contributed by atoms with Gasteiger partial charge in [0.1, 0.15) is 0 Å². The molecule has 1 amide bonds. The number of para-hydroxylation sites is 1. The summed E-state index contributed by atoms with van der Waals surface area (Å²) in [7, 11) is 0. The van der Waals surface area contributed by atoms with E-state index < -0.39 is 0 Å². The van der Waals surface area contributed by atoms with Gasteiger partial charge in [0.15, 0.2) is 5.78 Å². The van der Waals surface area contributed by atoms with Gasteiger partial charge in [0.25, 0.3) is 0 Å². The van der Waals surface area contributed by atoms with E-state index in [4.69, 9.17) is 0 Å². The van der Waals surface area contributed by atoms with Crippen molar-refractivity contribution in [2.75, 3.05) is 11.9 Å². The lowest BCUT2D eigenvalue weighted by molar-refractivity contribution is -0.119. The molecule has 4 nitrogen and oxygen atoms in total. The van der Waals surface area contributed by atoms with Crippen LogP contribution < -0.4 is 10.6 Å². The van der Waals surface area contributed by atoms with Gasteiger partial charge in [-0.1, -0.05) is 48.0 Å². The number of hydrogen-bond donors (Lipinski definition) is 2. The maximum absolute atomic E-state index is 12.6. The van der Waals surface area contributed by atoms with E-state index in [1.54, 1.807) is 23.5 Å². The van der Waals surface area contributed by atoms with Crippen LogP contribution in [0.1, 0.15) is 39.3 Å². The summed E-state index contributed by atoms with van der Waals surface area (Å²) in [6.07, 6.45) is 0. The number of thiophene rings is 1. The zero-order valence-corrected chi connectivity index (χ0v) is 16.2. The zero-order valence-electron chi connectivity index (χ0n) is 15.4. The van der Waals surface area contributed by atoms with Crippen molar-refractivity contribution < 1.29 is 9.59 Å². The van der Waals surface area contributed by atoms with E-state index in [1.807, 2.05) is 60.8 Å². The molecule has 3 aromatic rings. The third-order valence-corrected chi connectivity index (χ3v) is 5.23. The Morgan fingerprint density at radius 3 is 2.41 bits per heavy atom. The highest BCUT2D eigenvalue weighted by molar-refractivity contribution is 7.10. The normalized spacial score (nSPS) is 11.6. The summed E-state index contributed by atoms with van der Waals surface area (Å²) in [6.45, 7) is 3.65. The molecule has 1 aromatic heterocycles. The number of carbonyl (C=O) groups excluding carboxylic acids is 2. The largest absolute Gasteiger partial charge is 0.376 e. The van der Waals surface area contributed by atoms with Crippen molar-refractivity contribution in [1.82, 2.24) is 5.32 Å². The van der Waals surface area contributed by atoms with Crippen molar-refractivity contribution in [1.29, 1.82) is 0 Å². The quantitative estimate of drug-likeness (QED) is 0.592. The van der Waals surface area contributed by atoms with Crippen LogP contribution in [0.2, 0.25) is 0 Å². The SMILES string of the molecule is CC(=O)c1ccccc1NCC(=O)N[C@@H](c1ccc(C)cc1)c1cccs1. The second kappa shape index (κ2) is 8.64. The molecule has 1 atom stereocenters. The Balaban J connectivity index is 1.72. The first kappa shape index (κ1) is 18.9. The minimum Gasteiger partial charge on any atom is -0.376 e. The number of benzene rings is 2. The fourth-order valence-electron chi connectivity index (χ4n) is 2.86. The molecule has 2 N–H and O–H groups in total. The van der Waals surface area contributed by atoms with Crippen LogP contribution in [0.25, 0.3) is 0 Å². The van der Waals surface area contributed by atoms with Gasteiger partial charge >= 0.3 is 0 Å². The lowest BCUT2D eigenvalue weighted by atomic mass is 10.0. The monoisotopic (exact) mass is 378 g/mol. The maximum atomic E-state index is 12.6. The summed E-state index contributed by atoms with van der Waals surface area (Å²) in [4.78, 5) is 25.4. The molecule has 0 fully saturated rings. The van der Waals surface area contributed by atoms with Gasteiger partial charge < -0.3 is 10.6 Å². The van der Waals surface area contributed by atoms with E-state index in [0.29, 0.717) is 11.3 Å². The predicted molar refractivity (Wildman–Crippen MR) is 110 cm³/mol. The molecule has 2 aromatic carbocycles. The Morgan fingerprint density at radius 1 is 1.00 bits per heavy atom. The van der Waals surface area contributed by atoms with Crippen molar-refractivity contribution in [3.8, 4) is 0 Å². The van der Waals surface area contributed by atoms with E-state index >= 15 is 0 Å². The summed E-state index contributed by atoms with van der Waals surface area (Å²) in [5.74, 6) is -0.165. The number of rotatable bonds is 7. The molecule has 0 saturated heterocycles. The molecule has 27 heavy (non-hydrogen) atoms. The van der Waals surface area contributed by atoms with E-state index in [-0.39, 0.29) is 24.3 Å². The average Bonchev–Trinajstić information content (AvgIpc) is 3.20. The summed E-state index contributed by atoms with van der Waals surface area (Å²) in [5, 5.41) is 8.18. The van der Waals surface area contributed by atoms with Gasteiger partial charge in [-0.2, -0.15) is 0 Å². The number of carbonyl (C=O) groups is 2. The van der Waals surface area contributed by atoms with Crippen LogP contribution >= 0.6 is 11.3 Å². The highest BCUT2D eigenvalue weighted by Crippen LogP contribution is 2.26. The number of Topliss-reactive ketones (excluding diaryl/α,β-unsaturated/α-hetero) is 1. The lowest BCUT2D eigenvalue weighted by Gasteiger charge is -2.19. The summed E-state index contributed by atoms with van der Waals surface area (Å²) in [6, 6.07) is 19.2. The van der Waals surface area contributed by atoms with Crippen molar-refractivity contribution in [3.05, 3.63) is 87.6 Å². The van der Waals surface area contributed by atoms with Crippen molar-refractivity contribution in [3.63, 3.8) is 0 Å². The minimum atomic E-state index is -0.192. The number of amides is 1. The first-order chi connectivity index (χ1) is 13.0. The lowest BCUT2D eigenvalue weighted by Crippen LogP contribution is -2.33. The van der Waals surface area contributed by atoms with E-state index in [0.717, 1.165) is 10.4 Å². The van der Waals surface area contributed by atoms with Crippen LogP contribution in [0.3, 0.4) is 0 Å². The van der Waals surface area contributed by atoms with Crippen LogP contribution in [0, 0.1) is 6.92 Å². The van der Waals surface area contributed by atoms with Crippen molar-refractivity contribution >= 4 is 28.7 Å². The molecule has 0 bridgehead atoms. The smallest absolute Gasteiger partial charge is 0.240 e. The molecule has 0 unspecified atom stereocenters. The molecule has 1 heterocycles. The average molecular weight is 378 g/mol. The standard InChI is InChI=1S/C22H22N2O2S/c1-15-9-11-17(12-10-15)22(20-8-5-13-27-20)24-21(26)14-23-19-7-4-3-6-18(19)16(2)25/h3-13,22-23H,14H2,1-2H3,(H,24,26)/t22-/m0/s1. The van der Waals surface area contributed by atoms with Gasteiger partial charge in [-0.05, 0) is 43.0 Å². The van der Waals surface area contributed by atoms with E-state index in [9.17, 15) is 9.59 Å². The molecular weight excluding hydrogens is 356 g/mol. The van der Waals surface area contributed by atoms with Crippen LogP contribution in [0.4, 0.5) is 5.69 Å². The van der Waals surface area contributed by atoms with E-state index in [2.05, 4.69) is 10.6 Å². The fraction of sp³-hybridized carbons (Fsp3) is 0.182. The van der Waals surface area contributed by atoms with Crippen molar-refractivity contribution in [2.45, 2.75) is 19.9 Å². The second-order valence-electron chi connectivity index (χ2n) is 6.38. The predicted octanol–water partition coefficient (Wildman–Crippen LogP) is 4.58. The minimum absolute atomic E-state index is 0.0328. The number of nitrogens with one attached hydrogen (secondary N) is 2. The van der Waals surface area contributed by atoms with E-state index in [1.165, 1.54) is 12.5 Å². The summed E-state index contributed by atoms with van der Waals surface area (Å²) >= 11 is 1.61. The summed E-state index contributed by atoms with van der Waals surface area (Å²) < 4.78 is 0. The molecule has 0 aliphatic carbocycles. The Labute approximate surface area is 163 Å². The fourth-order valence-corrected chi connectivity index (χ4v) is 3.67. The van der Waals surface area contributed by atoms with Crippen LogP contribution in [0.15, 0.2) is 66.0 Å². The van der Waals surface area contributed by atoms with Gasteiger partial charge in [0, 0.05) is 16.1 Å². The summed E-state index contributed by atoms with van der Waals surface area (Å²) in [5.41, 5.74) is 3.47. The number of anilines is 1. The Morgan fingerprint density at radius 2 is 1.74 bits per heavy atom. The molecule has 0 saturated carbocycles. The molecule has 5 heteroatoms. The number of hydrogen-bond acceptors (Lipinski definition) is 4. The second-order valence-corrected chi connectivity index (χ2v) is 7.36. The molecule has 0 spiro atoms. The van der Waals surface area contributed by atoms with Crippen LogP contribution in [-0.4, -0.2) is 18.2 Å².